The van der Waals surface area contributed by atoms with E-state index in [4.69, 9.17) is 0 Å². The largest absolute Gasteiger partial charge is 0.357 e. The van der Waals surface area contributed by atoms with Crippen molar-refractivity contribution in [2.75, 3.05) is 33.7 Å². The first-order chi connectivity index (χ1) is 13.9. The van der Waals surface area contributed by atoms with Crippen molar-refractivity contribution < 1.29 is 9.59 Å². The Morgan fingerprint density at radius 2 is 1.62 bits per heavy atom. The van der Waals surface area contributed by atoms with E-state index >= 15 is 0 Å². The van der Waals surface area contributed by atoms with Crippen LogP contribution in [0.2, 0.25) is 0 Å². The molecule has 3 N–H and O–H groups in total. The minimum absolute atomic E-state index is 0.0648. The lowest BCUT2D eigenvalue weighted by Crippen LogP contribution is -2.49. The van der Waals surface area contributed by atoms with E-state index in [2.05, 4.69) is 20.9 Å². The molecule has 0 bridgehead atoms. The molecule has 1 saturated carbocycles. The van der Waals surface area contributed by atoms with E-state index in [1.54, 1.807) is 4.90 Å². The van der Waals surface area contributed by atoms with Gasteiger partial charge in [-0.25, -0.2) is 4.99 Å². The molecule has 160 valence electrons. The Bertz CT molecular complexity index is 706. The molecule has 2 amide bonds. The van der Waals surface area contributed by atoms with Crippen LogP contribution in [0.15, 0.2) is 29.3 Å². The monoisotopic (exact) mass is 401 g/mol. The highest BCUT2D eigenvalue weighted by molar-refractivity contribution is 5.94. The van der Waals surface area contributed by atoms with E-state index in [1.807, 2.05) is 52.2 Å². The molecule has 7 nitrogen and oxygen atoms in total. The number of amides is 2. The summed E-state index contributed by atoms with van der Waals surface area (Å²) in [5, 5.41) is 9.44. The van der Waals surface area contributed by atoms with Crippen molar-refractivity contribution in [2.24, 2.45) is 10.4 Å². The maximum atomic E-state index is 12.7. The summed E-state index contributed by atoms with van der Waals surface area (Å²) in [6, 6.07) is 7.48. The summed E-state index contributed by atoms with van der Waals surface area (Å²) in [6.45, 7) is 6.37. The van der Waals surface area contributed by atoms with Gasteiger partial charge in [-0.05, 0) is 44.4 Å². The molecular weight excluding hydrogens is 366 g/mol. The molecule has 1 aliphatic rings. The van der Waals surface area contributed by atoms with Crippen molar-refractivity contribution in [3.63, 3.8) is 0 Å². The molecule has 0 saturated heterocycles. The molecule has 1 aromatic carbocycles. The molecule has 0 radical (unpaired) electrons. The summed E-state index contributed by atoms with van der Waals surface area (Å²) in [5.74, 6) is 0.836. The molecule has 1 fully saturated rings. The SMILES string of the molecule is CCNC(=O)c1ccc(CN=C(NCC)NCC2(C(=O)N(C)C)CCCC2)cc1. The van der Waals surface area contributed by atoms with Crippen LogP contribution >= 0.6 is 0 Å². The van der Waals surface area contributed by atoms with E-state index in [9.17, 15) is 9.59 Å². The smallest absolute Gasteiger partial charge is 0.251 e. The lowest BCUT2D eigenvalue weighted by Gasteiger charge is -2.31. The summed E-state index contributed by atoms with van der Waals surface area (Å²) < 4.78 is 0. The fourth-order valence-corrected chi connectivity index (χ4v) is 3.78. The Morgan fingerprint density at radius 3 is 2.17 bits per heavy atom. The zero-order valence-corrected chi connectivity index (χ0v) is 18.2. The highest BCUT2D eigenvalue weighted by atomic mass is 16.2. The summed E-state index contributed by atoms with van der Waals surface area (Å²) in [4.78, 5) is 31.0. The first kappa shape index (κ1) is 22.7. The molecule has 2 rings (SSSR count). The summed E-state index contributed by atoms with van der Waals surface area (Å²) in [6.07, 6.45) is 4.01. The second kappa shape index (κ2) is 10.8. The van der Waals surface area contributed by atoms with Gasteiger partial charge in [0.15, 0.2) is 5.96 Å². The van der Waals surface area contributed by atoms with Gasteiger partial charge >= 0.3 is 0 Å². The Labute approximate surface area is 174 Å². The standard InChI is InChI=1S/C22H35N5O2/c1-5-23-19(28)18-11-9-17(10-12-18)15-25-21(24-6-2)26-16-22(13-7-8-14-22)20(29)27(3)4/h9-12H,5-8,13-16H2,1-4H3,(H,23,28)(H2,24,25,26). The van der Waals surface area contributed by atoms with Gasteiger partial charge in [-0.15, -0.1) is 0 Å². The molecule has 1 aliphatic carbocycles. The van der Waals surface area contributed by atoms with Crippen LogP contribution < -0.4 is 16.0 Å². The van der Waals surface area contributed by atoms with Crippen molar-refractivity contribution in [3.8, 4) is 0 Å². The molecular formula is C22H35N5O2. The first-order valence-corrected chi connectivity index (χ1v) is 10.5. The fraction of sp³-hybridized carbons (Fsp3) is 0.591. The van der Waals surface area contributed by atoms with Crippen LogP contribution in [0.1, 0.15) is 55.5 Å². The number of benzene rings is 1. The average molecular weight is 402 g/mol. The number of rotatable bonds is 8. The number of hydrogen-bond donors (Lipinski definition) is 3. The zero-order chi connectivity index (χ0) is 21.3. The molecule has 0 atom stereocenters. The molecule has 0 aromatic heterocycles. The Kier molecular flexibility index (Phi) is 8.49. The van der Waals surface area contributed by atoms with Crippen LogP contribution in [0.4, 0.5) is 0 Å². The van der Waals surface area contributed by atoms with Gasteiger partial charge < -0.3 is 20.9 Å². The van der Waals surface area contributed by atoms with Crippen LogP contribution in [0.5, 0.6) is 0 Å². The highest BCUT2D eigenvalue weighted by Gasteiger charge is 2.42. The Hall–Kier alpha value is -2.57. The van der Waals surface area contributed by atoms with Gasteiger partial charge in [-0.1, -0.05) is 25.0 Å². The number of guanidine groups is 1. The predicted molar refractivity (Wildman–Crippen MR) is 117 cm³/mol. The van der Waals surface area contributed by atoms with Gasteiger partial charge in [0.1, 0.15) is 0 Å². The van der Waals surface area contributed by atoms with E-state index in [1.165, 1.54) is 0 Å². The number of aliphatic imine (C=N–C) groups is 1. The first-order valence-electron chi connectivity index (χ1n) is 10.5. The third-order valence-electron chi connectivity index (χ3n) is 5.33. The zero-order valence-electron chi connectivity index (χ0n) is 18.2. The number of carbonyl (C=O) groups is 2. The van der Waals surface area contributed by atoms with Crippen molar-refractivity contribution in [2.45, 2.75) is 46.1 Å². The van der Waals surface area contributed by atoms with Gasteiger partial charge in [0.25, 0.3) is 5.91 Å². The summed E-state index contributed by atoms with van der Waals surface area (Å²) in [7, 11) is 3.65. The molecule has 0 unspecified atom stereocenters. The molecule has 7 heteroatoms. The van der Waals surface area contributed by atoms with Crippen molar-refractivity contribution in [1.29, 1.82) is 0 Å². The highest BCUT2D eigenvalue weighted by Crippen LogP contribution is 2.38. The van der Waals surface area contributed by atoms with Crippen LogP contribution in [-0.2, 0) is 11.3 Å². The van der Waals surface area contributed by atoms with E-state index < -0.39 is 0 Å². The third kappa shape index (κ3) is 6.21. The van der Waals surface area contributed by atoms with Crippen molar-refractivity contribution in [1.82, 2.24) is 20.9 Å². The van der Waals surface area contributed by atoms with Crippen molar-refractivity contribution >= 4 is 17.8 Å². The molecule has 1 aromatic rings. The van der Waals surface area contributed by atoms with E-state index in [0.717, 1.165) is 37.8 Å². The molecule has 29 heavy (non-hydrogen) atoms. The summed E-state index contributed by atoms with van der Waals surface area (Å²) >= 11 is 0. The normalized spacial score (nSPS) is 15.7. The second-order valence-corrected chi connectivity index (χ2v) is 7.79. The number of hydrogen-bond acceptors (Lipinski definition) is 3. The Balaban J connectivity index is 2.02. The van der Waals surface area contributed by atoms with E-state index in [-0.39, 0.29) is 17.2 Å². The summed E-state index contributed by atoms with van der Waals surface area (Å²) in [5.41, 5.74) is 1.33. The lowest BCUT2D eigenvalue weighted by molar-refractivity contribution is -0.138. The minimum atomic E-state index is -0.339. The number of nitrogens with one attached hydrogen (secondary N) is 3. The predicted octanol–water partition coefficient (Wildman–Crippen LogP) is 2.14. The third-order valence-corrected chi connectivity index (χ3v) is 5.33. The number of carbonyl (C=O) groups excluding carboxylic acids is 2. The van der Waals surface area contributed by atoms with Crippen LogP contribution in [0, 0.1) is 5.41 Å². The van der Waals surface area contributed by atoms with Gasteiger partial charge in [-0.2, -0.15) is 0 Å². The van der Waals surface area contributed by atoms with Crippen molar-refractivity contribution in [3.05, 3.63) is 35.4 Å². The molecule has 0 spiro atoms. The second-order valence-electron chi connectivity index (χ2n) is 7.79. The van der Waals surface area contributed by atoms with Gasteiger partial charge in [0, 0.05) is 39.3 Å². The van der Waals surface area contributed by atoms with Crippen LogP contribution in [-0.4, -0.2) is 56.4 Å². The maximum Gasteiger partial charge on any atom is 0.251 e. The van der Waals surface area contributed by atoms with Crippen LogP contribution in [0.25, 0.3) is 0 Å². The van der Waals surface area contributed by atoms with Gasteiger partial charge in [0.2, 0.25) is 5.91 Å². The van der Waals surface area contributed by atoms with Gasteiger partial charge in [-0.3, -0.25) is 9.59 Å². The molecule has 0 heterocycles. The minimum Gasteiger partial charge on any atom is -0.357 e. The lowest BCUT2D eigenvalue weighted by atomic mass is 9.84. The topological polar surface area (TPSA) is 85.8 Å². The van der Waals surface area contributed by atoms with Gasteiger partial charge in [0.05, 0.1) is 12.0 Å². The Morgan fingerprint density at radius 1 is 1.00 bits per heavy atom. The maximum absolute atomic E-state index is 12.7. The van der Waals surface area contributed by atoms with E-state index in [0.29, 0.717) is 31.2 Å². The number of nitrogens with zero attached hydrogens (tertiary/aromatic N) is 2. The quantitative estimate of drug-likeness (QED) is 0.460. The van der Waals surface area contributed by atoms with Crippen LogP contribution in [0.3, 0.4) is 0 Å². The fourth-order valence-electron chi connectivity index (χ4n) is 3.78. The average Bonchev–Trinajstić information content (AvgIpc) is 3.20. The molecule has 0 aliphatic heterocycles.